The van der Waals surface area contributed by atoms with Crippen molar-refractivity contribution in [1.82, 2.24) is 5.32 Å². The van der Waals surface area contributed by atoms with E-state index in [1.807, 2.05) is 78.9 Å². The highest BCUT2D eigenvalue weighted by molar-refractivity contribution is 6.30. The molecule has 0 aliphatic carbocycles. The van der Waals surface area contributed by atoms with Crippen molar-refractivity contribution in [2.24, 2.45) is 0 Å². The first-order valence-electron chi connectivity index (χ1n) is 8.60. The summed E-state index contributed by atoms with van der Waals surface area (Å²) in [6.45, 7) is 1.69. The lowest BCUT2D eigenvalue weighted by Crippen LogP contribution is -2.20. The normalized spacial score (nSPS) is 11.9. The van der Waals surface area contributed by atoms with Gasteiger partial charge in [0.1, 0.15) is 12.4 Å². The van der Waals surface area contributed by atoms with E-state index in [9.17, 15) is 5.11 Å². The molecule has 3 nitrogen and oxygen atoms in total. The second-order valence-corrected chi connectivity index (χ2v) is 6.56. The molecule has 0 fully saturated rings. The van der Waals surface area contributed by atoms with Crippen molar-refractivity contribution in [3.05, 3.63) is 101 Å². The van der Waals surface area contributed by atoms with Crippen LogP contribution in [0.3, 0.4) is 0 Å². The van der Waals surface area contributed by atoms with E-state index >= 15 is 0 Å². The predicted molar refractivity (Wildman–Crippen MR) is 105 cm³/mol. The summed E-state index contributed by atoms with van der Waals surface area (Å²) in [6.07, 6.45) is -0.503. The first-order chi connectivity index (χ1) is 12.7. The van der Waals surface area contributed by atoms with Crippen LogP contribution in [0.2, 0.25) is 5.02 Å². The number of nitrogens with one attached hydrogen (secondary N) is 1. The van der Waals surface area contributed by atoms with Crippen LogP contribution in [-0.4, -0.2) is 11.7 Å². The molecule has 4 heteroatoms. The molecule has 3 aromatic carbocycles. The van der Waals surface area contributed by atoms with Gasteiger partial charge in [-0.05, 0) is 41.0 Å². The maximum absolute atomic E-state index is 10.1. The van der Waals surface area contributed by atoms with Crippen LogP contribution in [0.5, 0.6) is 5.75 Å². The van der Waals surface area contributed by atoms with Crippen LogP contribution in [0.1, 0.15) is 22.8 Å². The molecule has 26 heavy (non-hydrogen) atoms. The van der Waals surface area contributed by atoms with Gasteiger partial charge in [0.05, 0.1) is 6.10 Å². The molecular formula is C22H22ClNO2. The number of rotatable bonds is 8. The fourth-order valence-electron chi connectivity index (χ4n) is 2.64. The number of hydrogen-bond acceptors (Lipinski definition) is 3. The smallest absolute Gasteiger partial charge is 0.119 e. The zero-order valence-electron chi connectivity index (χ0n) is 14.4. The van der Waals surface area contributed by atoms with Crippen LogP contribution in [0.15, 0.2) is 78.9 Å². The van der Waals surface area contributed by atoms with Gasteiger partial charge in [0, 0.05) is 18.1 Å². The van der Waals surface area contributed by atoms with Gasteiger partial charge < -0.3 is 15.2 Å². The van der Waals surface area contributed by atoms with Crippen molar-refractivity contribution in [3.8, 4) is 5.75 Å². The molecule has 0 unspecified atom stereocenters. The van der Waals surface area contributed by atoms with Gasteiger partial charge in [-0.2, -0.15) is 0 Å². The van der Waals surface area contributed by atoms with E-state index < -0.39 is 6.10 Å². The van der Waals surface area contributed by atoms with Gasteiger partial charge in [-0.15, -0.1) is 0 Å². The van der Waals surface area contributed by atoms with Gasteiger partial charge in [0.2, 0.25) is 0 Å². The summed E-state index contributed by atoms with van der Waals surface area (Å²) in [6, 6.07) is 25.3. The Kier molecular flexibility index (Phi) is 6.67. The fraction of sp³-hybridized carbons (Fsp3) is 0.182. The number of aliphatic hydroxyl groups excluding tert-OH is 1. The zero-order chi connectivity index (χ0) is 18.2. The largest absolute Gasteiger partial charge is 0.489 e. The minimum Gasteiger partial charge on any atom is -0.489 e. The highest BCUT2D eigenvalue weighted by atomic mass is 35.5. The van der Waals surface area contributed by atoms with E-state index in [1.54, 1.807) is 0 Å². The molecule has 0 saturated heterocycles. The second-order valence-electron chi connectivity index (χ2n) is 6.12. The monoisotopic (exact) mass is 367 g/mol. The summed E-state index contributed by atoms with van der Waals surface area (Å²) in [5, 5.41) is 14.1. The second kappa shape index (κ2) is 9.39. The van der Waals surface area contributed by atoms with E-state index in [1.165, 1.54) is 0 Å². The summed E-state index contributed by atoms with van der Waals surface area (Å²) in [5.41, 5.74) is 3.10. The van der Waals surface area contributed by atoms with Crippen molar-refractivity contribution in [2.45, 2.75) is 19.3 Å². The Bertz CT molecular complexity index is 806. The van der Waals surface area contributed by atoms with Gasteiger partial charge in [-0.1, -0.05) is 66.2 Å². The summed E-state index contributed by atoms with van der Waals surface area (Å²) in [4.78, 5) is 0. The van der Waals surface area contributed by atoms with Crippen LogP contribution in [-0.2, 0) is 13.2 Å². The van der Waals surface area contributed by atoms with Gasteiger partial charge in [0.15, 0.2) is 0 Å². The van der Waals surface area contributed by atoms with Gasteiger partial charge in [-0.3, -0.25) is 0 Å². The molecule has 0 radical (unpaired) electrons. The Hall–Kier alpha value is -2.33. The molecule has 0 bridgehead atoms. The van der Waals surface area contributed by atoms with Crippen molar-refractivity contribution in [2.75, 3.05) is 6.54 Å². The van der Waals surface area contributed by atoms with E-state index in [0.29, 0.717) is 24.7 Å². The lowest BCUT2D eigenvalue weighted by atomic mass is 10.1. The first kappa shape index (κ1) is 18.5. The summed E-state index contributed by atoms with van der Waals surface area (Å²) in [7, 11) is 0. The molecule has 1 atom stereocenters. The van der Waals surface area contributed by atoms with Gasteiger partial charge in [0.25, 0.3) is 0 Å². The van der Waals surface area contributed by atoms with Crippen LogP contribution < -0.4 is 10.1 Å². The van der Waals surface area contributed by atoms with Crippen molar-refractivity contribution in [3.63, 3.8) is 0 Å². The van der Waals surface area contributed by atoms with Gasteiger partial charge in [-0.25, -0.2) is 0 Å². The molecule has 0 amide bonds. The molecular weight excluding hydrogens is 346 g/mol. The molecule has 0 heterocycles. The van der Waals surface area contributed by atoms with Crippen LogP contribution in [0.25, 0.3) is 0 Å². The quantitative estimate of drug-likeness (QED) is 0.604. The van der Waals surface area contributed by atoms with Crippen molar-refractivity contribution < 1.29 is 9.84 Å². The molecule has 134 valence electrons. The third kappa shape index (κ3) is 5.60. The Morgan fingerprint density at radius 2 is 1.65 bits per heavy atom. The first-order valence-corrected chi connectivity index (χ1v) is 8.98. The molecule has 0 aliphatic rings. The molecule has 0 aromatic heterocycles. The third-order valence-electron chi connectivity index (χ3n) is 4.07. The topological polar surface area (TPSA) is 41.5 Å². The van der Waals surface area contributed by atoms with Gasteiger partial charge >= 0.3 is 0 Å². The average molecular weight is 368 g/mol. The Balaban J connectivity index is 1.44. The number of hydrogen-bond donors (Lipinski definition) is 2. The predicted octanol–water partition coefficient (Wildman–Crippen LogP) is 4.74. The summed E-state index contributed by atoms with van der Waals surface area (Å²) < 4.78 is 5.78. The van der Waals surface area contributed by atoms with E-state index in [2.05, 4.69) is 5.32 Å². The molecule has 3 rings (SSSR count). The molecule has 3 aromatic rings. The number of aliphatic hydroxyl groups is 1. The minimum atomic E-state index is -0.503. The zero-order valence-corrected chi connectivity index (χ0v) is 15.2. The Morgan fingerprint density at radius 3 is 2.38 bits per heavy atom. The highest BCUT2D eigenvalue weighted by Gasteiger charge is 2.06. The number of benzene rings is 3. The lowest BCUT2D eigenvalue weighted by molar-refractivity contribution is 0.174. The van der Waals surface area contributed by atoms with E-state index in [4.69, 9.17) is 16.3 Å². The Morgan fingerprint density at radius 1 is 0.885 bits per heavy atom. The number of ether oxygens (including phenoxy) is 1. The molecule has 2 N–H and O–H groups in total. The lowest BCUT2D eigenvalue weighted by Gasteiger charge is -2.12. The highest BCUT2D eigenvalue weighted by Crippen LogP contribution is 2.17. The molecule has 0 spiro atoms. The maximum atomic E-state index is 10.1. The number of halogens is 1. The maximum Gasteiger partial charge on any atom is 0.119 e. The minimum absolute atomic E-state index is 0.488. The molecule has 0 saturated carbocycles. The van der Waals surface area contributed by atoms with Crippen molar-refractivity contribution in [1.29, 1.82) is 0 Å². The van der Waals surface area contributed by atoms with Crippen LogP contribution in [0.4, 0.5) is 0 Å². The van der Waals surface area contributed by atoms with E-state index in [-0.39, 0.29) is 0 Å². The van der Waals surface area contributed by atoms with E-state index in [0.717, 1.165) is 22.4 Å². The SMILES string of the molecule is O[C@H](CNCc1ccc(OCc2cccc(Cl)c2)cc1)c1ccccc1. The molecule has 0 aliphatic heterocycles. The standard InChI is InChI=1S/C22H22ClNO2/c23-20-8-4-5-18(13-20)16-26-21-11-9-17(10-12-21)14-24-15-22(25)19-6-2-1-3-7-19/h1-13,22,24-25H,14-16H2/t22-/m1/s1. The summed E-state index contributed by atoms with van der Waals surface area (Å²) in [5.74, 6) is 0.818. The Labute approximate surface area is 159 Å². The summed E-state index contributed by atoms with van der Waals surface area (Å²) >= 11 is 5.98. The van der Waals surface area contributed by atoms with Crippen LogP contribution in [0, 0.1) is 0 Å². The van der Waals surface area contributed by atoms with Crippen LogP contribution >= 0.6 is 11.6 Å². The van der Waals surface area contributed by atoms with Crippen molar-refractivity contribution >= 4 is 11.6 Å². The average Bonchev–Trinajstić information content (AvgIpc) is 2.68. The third-order valence-corrected chi connectivity index (χ3v) is 4.30. The fourth-order valence-corrected chi connectivity index (χ4v) is 2.86.